The SMILES string of the molecule is c1ccc(CC2CCN2Cc2ccccc2)cc1. The summed E-state index contributed by atoms with van der Waals surface area (Å²) in [5.74, 6) is 0. The van der Waals surface area contributed by atoms with Crippen molar-refractivity contribution in [1.29, 1.82) is 0 Å². The number of benzene rings is 2. The van der Waals surface area contributed by atoms with Crippen LogP contribution >= 0.6 is 0 Å². The average Bonchev–Trinajstić information content (AvgIpc) is 2.43. The van der Waals surface area contributed by atoms with Gasteiger partial charge in [-0.3, -0.25) is 4.90 Å². The minimum absolute atomic E-state index is 0.729. The summed E-state index contributed by atoms with van der Waals surface area (Å²) in [7, 11) is 0. The molecule has 1 aliphatic heterocycles. The van der Waals surface area contributed by atoms with Crippen LogP contribution in [0.3, 0.4) is 0 Å². The molecule has 0 amide bonds. The minimum Gasteiger partial charge on any atom is -0.296 e. The molecule has 3 rings (SSSR count). The van der Waals surface area contributed by atoms with Gasteiger partial charge in [-0.15, -0.1) is 0 Å². The summed E-state index contributed by atoms with van der Waals surface area (Å²) in [5, 5.41) is 0. The van der Waals surface area contributed by atoms with Crippen LogP contribution in [-0.2, 0) is 13.0 Å². The molecule has 0 radical (unpaired) electrons. The van der Waals surface area contributed by atoms with Gasteiger partial charge in [0.05, 0.1) is 0 Å². The number of rotatable bonds is 4. The summed E-state index contributed by atoms with van der Waals surface area (Å²) < 4.78 is 0. The zero-order valence-electron chi connectivity index (χ0n) is 10.6. The van der Waals surface area contributed by atoms with Crippen molar-refractivity contribution in [1.82, 2.24) is 4.90 Å². The lowest BCUT2D eigenvalue weighted by Gasteiger charge is -2.41. The predicted octanol–water partition coefficient (Wildman–Crippen LogP) is 3.50. The van der Waals surface area contributed by atoms with Crippen molar-refractivity contribution in [3.05, 3.63) is 71.8 Å². The smallest absolute Gasteiger partial charge is 0.0236 e. The summed E-state index contributed by atoms with van der Waals surface area (Å²) in [5.41, 5.74) is 2.88. The fraction of sp³-hybridized carbons (Fsp3) is 0.294. The van der Waals surface area contributed by atoms with Gasteiger partial charge in [0.1, 0.15) is 0 Å². The Labute approximate surface area is 109 Å². The van der Waals surface area contributed by atoms with Crippen molar-refractivity contribution in [3.63, 3.8) is 0 Å². The van der Waals surface area contributed by atoms with Crippen LogP contribution < -0.4 is 0 Å². The summed E-state index contributed by atoms with van der Waals surface area (Å²) in [6, 6.07) is 22.3. The van der Waals surface area contributed by atoms with Crippen LogP contribution in [0.25, 0.3) is 0 Å². The van der Waals surface area contributed by atoms with E-state index in [1.807, 2.05) is 0 Å². The molecule has 92 valence electrons. The second-order valence-corrected chi connectivity index (χ2v) is 5.09. The first-order chi connectivity index (χ1) is 8.92. The van der Waals surface area contributed by atoms with Gasteiger partial charge in [0, 0.05) is 19.1 Å². The van der Waals surface area contributed by atoms with E-state index in [1.165, 1.54) is 30.5 Å². The molecule has 1 fully saturated rings. The Morgan fingerprint density at radius 3 is 2.00 bits per heavy atom. The van der Waals surface area contributed by atoms with Crippen LogP contribution in [0, 0.1) is 0 Å². The average molecular weight is 237 g/mol. The van der Waals surface area contributed by atoms with Crippen LogP contribution in [0.5, 0.6) is 0 Å². The molecule has 2 aromatic carbocycles. The topological polar surface area (TPSA) is 3.24 Å². The van der Waals surface area contributed by atoms with Gasteiger partial charge >= 0.3 is 0 Å². The Morgan fingerprint density at radius 1 is 0.833 bits per heavy atom. The molecule has 0 N–H and O–H groups in total. The standard InChI is InChI=1S/C17H19N/c1-3-7-15(8-4-1)13-17-11-12-18(17)14-16-9-5-2-6-10-16/h1-10,17H,11-14H2. The maximum absolute atomic E-state index is 2.59. The van der Waals surface area contributed by atoms with Crippen molar-refractivity contribution in [3.8, 4) is 0 Å². The zero-order valence-corrected chi connectivity index (χ0v) is 10.6. The second kappa shape index (κ2) is 5.36. The van der Waals surface area contributed by atoms with Crippen molar-refractivity contribution >= 4 is 0 Å². The van der Waals surface area contributed by atoms with Crippen LogP contribution in [0.1, 0.15) is 17.5 Å². The molecule has 1 heteroatoms. The van der Waals surface area contributed by atoms with E-state index in [0.29, 0.717) is 0 Å². The third-order valence-corrected chi connectivity index (χ3v) is 3.81. The van der Waals surface area contributed by atoms with Gasteiger partial charge in [-0.1, -0.05) is 60.7 Å². The van der Waals surface area contributed by atoms with Gasteiger partial charge in [0.15, 0.2) is 0 Å². The fourth-order valence-corrected chi connectivity index (χ4v) is 2.64. The first-order valence-corrected chi connectivity index (χ1v) is 6.74. The Hall–Kier alpha value is -1.60. The Balaban J connectivity index is 1.59. The Kier molecular flexibility index (Phi) is 3.42. The lowest BCUT2D eigenvalue weighted by molar-refractivity contribution is 0.0821. The summed E-state index contributed by atoms with van der Waals surface area (Å²) in [6.07, 6.45) is 2.52. The van der Waals surface area contributed by atoms with Crippen molar-refractivity contribution in [2.24, 2.45) is 0 Å². The largest absolute Gasteiger partial charge is 0.296 e. The highest BCUT2D eigenvalue weighted by atomic mass is 15.2. The van der Waals surface area contributed by atoms with Crippen molar-refractivity contribution in [2.45, 2.75) is 25.4 Å². The third kappa shape index (κ3) is 2.62. The highest BCUT2D eigenvalue weighted by Crippen LogP contribution is 2.23. The summed E-state index contributed by atoms with van der Waals surface area (Å²) in [6.45, 7) is 2.34. The first-order valence-electron chi connectivity index (χ1n) is 6.74. The van der Waals surface area contributed by atoms with Crippen LogP contribution in [-0.4, -0.2) is 17.5 Å². The van der Waals surface area contributed by atoms with E-state index in [1.54, 1.807) is 0 Å². The first kappa shape index (κ1) is 11.5. The van der Waals surface area contributed by atoms with E-state index in [4.69, 9.17) is 0 Å². The van der Waals surface area contributed by atoms with E-state index >= 15 is 0 Å². The normalized spacial score (nSPS) is 19.4. The maximum Gasteiger partial charge on any atom is 0.0236 e. The number of hydrogen-bond donors (Lipinski definition) is 0. The van der Waals surface area contributed by atoms with Crippen LogP contribution in [0.15, 0.2) is 60.7 Å². The summed E-state index contributed by atoms with van der Waals surface area (Å²) >= 11 is 0. The van der Waals surface area contributed by atoms with E-state index < -0.39 is 0 Å². The molecule has 18 heavy (non-hydrogen) atoms. The quantitative estimate of drug-likeness (QED) is 0.786. The number of nitrogens with zero attached hydrogens (tertiary/aromatic N) is 1. The van der Waals surface area contributed by atoms with Crippen LogP contribution in [0.4, 0.5) is 0 Å². The van der Waals surface area contributed by atoms with E-state index in [-0.39, 0.29) is 0 Å². The molecule has 0 bridgehead atoms. The molecule has 0 aliphatic carbocycles. The fourth-order valence-electron chi connectivity index (χ4n) is 2.64. The highest BCUT2D eigenvalue weighted by molar-refractivity contribution is 5.18. The Morgan fingerprint density at radius 2 is 1.44 bits per heavy atom. The van der Waals surface area contributed by atoms with Gasteiger partial charge in [-0.2, -0.15) is 0 Å². The number of likely N-dealkylation sites (tertiary alicyclic amines) is 1. The van der Waals surface area contributed by atoms with Gasteiger partial charge in [-0.05, 0) is 24.0 Å². The lowest BCUT2D eigenvalue weighted by atomic mass is 9.94. The Bertz CT molecular complexity index is 430. The molecule has 1 aliphatic rings. The van der Waals surface area contributed by atoms with E-state index in [0.717, 1.165) is 12.6 Å². The molecule has 1 saturated heterocycles. The molecule has 0 spiro atoms. The molecule has 2 aromatic rings. The predicted molar refractivity (Wildman–Crippen MR) is 75.4 cm³/mol. The molecule has 1 unspecified atom stereocenters. The van der Waals surface area contributed by atoms with Crippen molar-refractivity contribution in [2.75, 3.05) is 6.54 Å². The van der Waals surface area contributed by atoms with Gasteiger partial charge in [0.25, 0.3) is 0 Å². The number of hydrogen-bond acceptors (Lipinski definition) is 1. The molecule has 0 aromatic heterocycles. The monoisotopic (exact) mass is 237 g/mol. The van der Waals surface area contributed by atoms with E-state index in [9.17, 15) is 0 Å². The molecular weight excluding hydrogens is 218 g/mol. The lowest BCUT2D eigenvalue weighted by Crippen LogP contribution is -2.48. The molecular formula is C17H19N. The third-order valence-electron chi connectivity index (χ3n) is 3.81. The molecule has 1 heterocycles. The zero-order chi connectivity index (χ0) is 12.2. The van der Waals surface area contributed by atoms with Gasteiger partial charge in [0.2, 0.25) is 0 Å². The summed E-state index contributed by atoms with van der Waals surface area (Å²) in [4.78, 5) is 2.59. The molecule has 1 atom stereocenters. The van der Waals surface area contributed by atoms with Crippen molar-refractivity contribution < 1.29 is 0 Å². The maximum atomic E-state index is 2.59. The van der Waals surface area contributed by atoms with Gasteiger partial charge in [-0.25, -0.2) is 0 Å². The molecule has 0 saturated carbocycles. The minimum atomic E-state index is 0.729. The highest BCUT2D eigenvalue weighted by Gasteiger charge is 2.27. The van der Waals surface area contributed by atoms with E-state index in [2.05, 4.69) is 65.6 Å². The second-order valence-electron chi connectivity index (χ2n) is 5.09. The molecule has 1 nitrogen and oxygen atoms in total. The van der Waals surface area contributed by atoms with Crippen LogP contribution in [0.2, 0.25) is 0 Å². The van der Waals surface area contributed by atoms with Gasteiger partial charge < -0.3 is 0 Å².